The molecule has 1 radical (unpaired) electrons. The summed E-state index contributed by atoms with van der Waals surface area (Å²) in [5, 5.41) is 14.0. The minimum absolute atomic E-state index is 0.137. The number of primary amides is 1. The molecule has 12 heteroatoms. The number of fused-ring (bicyclic) bond motifs is 2. The lowest BCUT2D eigenvalue weighted by Crippen LogP contribution is -2.44. The van der Waals surface area contributed by atoms with E-state index in [1.165, 1.54) is 0 Å². The number of nitrogens with zero attached hydrogens (tertiary/aromatic N) is 4. The van der Waals surface area contributed by atoms with Gasteiger partial charge in [-0.05, 0) is 82.2 Å². The molecule has 45 heavy (non-hydrogen) atoms. The SMILES string of the molecule is CC(C)c1nnc(C(N)=O)n1C1CC2CCC(C1)N2CC[CH]c1ccc(NC(=O)COCC(=O)NCCCCCCCN)cc1. The number of nitrogens with one attached hydrogen (secondary N) is 2. The van der Waals surface area contributed by atoms with E-state index in [4.69, 9.17) is 16.2 Å². The Kier molecular flexibility index (Phi) is 13.3. The Morgan fingerprint density at radius 1 is 0.956 bits per heavy atom. The molecular formula is C33H51N8O4. The van der Waals surface area contributed by atoms with E-state index < -0.39 is 5.91 Å². The highest BCUT2D eigenvalue weighted by atomic mass is 16.5. The Labute approximate surface area is 267 Å². The average molecular weight is 624 g/mol. The fraction of sp³-hybridized carbons (Fsp3) is 0.636. The zero-order valence-electron chi connectivity index (χ0n) is 26.9. The molecule has 2 aliphatic rings. The van der Waals surface area contributed by atoms with Crippen molar-refractivity contribution >= 4 is 23.4 Å². The first-order valence-electron chi connectivity index (χ1n) is 16.5. The van der Waals surface area contributed by atoms with Gasteiger partial charge in [-0.25, -0.2) is 0 Å². The van der Waals surface area contributed by atoms with Crippen LogP contribution in [0.5, 0.6) is 0 Å². The second-order valence-electron chi connectivity index (χ2n) is 12.6. The van der Waals surface area contributed by atoms with Gasteiger partial charge in [0, 0.05) is 36.3 Å². The van der Waals surface area contributed by atoms with Crippen LogP contribution in [0, 0.1) is 6.42 Å². The van der Waals surface area contributed by atoms with Crippen LogP contribution in [0.2, 0.25) is 0 Å². The lowest BCUT2D eigenvalue weighted by molar-refractivity contribution is -0.128. The van der Waals surface area contributed by atoms with Crippen LogP contribution in [0.15, 0.2) is 24.3 Å². The summed E-state index contributed by atoms with van der Waals surface area (Å²) in [7, 11) is 0. The van der Waals surface area contributed by atoms with Gasteiger partial charge in [0.15, 0.2) is 0 Å². The van der Waals surface area contributed by atoms with Crippen LogP contribution >= 0.6 is 0 Å². The van der Waals surface area contributed by atoms with Crippen LogP contribution in [-0.4, -0.2) is 82.3 Å². The van der Waals surface area contributed by atoms with E-state index in [2.05, 4.69) is 46.0 Å². The average Bonchev–Trinajstić information content (AvgIpc) is 3.56. The van der Waals surface area contributed by atoms with Gasteiger partial charge in [0.2, 0.25) is 17.6 Å². The number of nitrogens with two attached hydrogens (primary N) is 2. The van der Waals surface area contributed by atoms with Gasteiger partial charge in [-0.15, -0.1) is 10.2 Å². The first-order chi connectivity index (χ1) is 21.8. The number of ether oxygens (including phenoxy) is 1. The lowest BCUT2D eigenvalue weighted by Gasteiger charge is -2.40. The summed E-state index contributed by atoms with van der Waals surface area (Å²) in [5.41, 5.74) is 12.9. The molecule has 3 heterocycles. The molecule has 0 saturated carbocycles. The molecule has 12 nitrogen and oxygen atoms in total. The number of unbranched alkanes of at least 4 members (excludes halogenated alkanes) is 4. The van der Waals surface area contributed by atoms with Crippen molar-refractivity contribution in [3.8, 4) is 0 Å². The third-order valence-corrected chi connectivity index (χ3v) is 8.81. The fourth-order valence-electron chi connectivity index (χ4n) is 6.64. The molecule has 2 unspecified atom stereocenters. The molecule has 2 aromatic rings. The Hall–Kier alpha value is -3.35. The Morgan fingerprint density at radius 2 is 1.62 bits per heavy atom. The molecule has 2 bridgehead atoms. The van der Waals surface area contributed by atoms with E-state index in [-0.39, 0.29) is 42.8 Å². The first-order valence-corrected chi connectivity index (χ1v) is 16.5. The minimum Gasteiger partial charge on any atom is -0.363 e. The van der Waals surface area contributed by atoms with Crippen LogP contribution in [0.3, 0.4) is 0 Å². The van der Waals surface area contributed by atoms with Crippen LogP contribution in [-0.2, 0) is 14.3 Å². The van der Waals surface area contributed by atoms with Crippen molar-refractivity contribution in [2.45, 2.75) is 102 Å². The molecule has 2 aliphatic heterocycles. The summed E-state index contributed by atoms with van der Waals surface area (Å²) in [5.74, 6) is 0.243. The standard InChI is InChI=1S/C33H51N8O4/c1-23(2)32-38-39-33(31(35)44)41(32)28-19-26-14-15-27(20-28)40(26)18-8-9-24-10-12-25(13-11-24)37-30(43)22-45-21-29(42)36-17-7-5-3-4-6-16-34/h9-13,23,26-28H,3-8,14-22,34H2,1-2H3,(H2,35,44)(H,36,42)(H,37,43). The number of rotatable bonds is 19. The molecule has 2 fully saturated rings. The van der Waals surface area contributed by atoms with E-state index in [1.807, 2.05) is 28.8 Å². The van der Waals surface area contributed by atoms with E-state index in [1.54, 1.807) is 0 Å². The molecular weight excluding hydrogens is 572 g/mol. The molecule has 1 aromatic heterocycles. The van der Waals surface area contributed by atoms with Crippen molar-refractivity contribution in [1.82, 2.24) is 25.0 Å². The van der Waals surface area contributed by atoms with Gasteiger partial charge in [-0.2, -0.15) is 0 Å². The van der Waals surface area contributed by atoms with Crippen LogP contribution in [0.1, 0.15) is 112 Å². The summed E-state index contributed by atoms with van der Waals surface area (Å²) in [4.78, 5) is 38.8. The number of aromatic nitrogens is 3. The number of carbonyl (C=O) groups is 3. The second kappa shape index (κ2) is 17.4. The molecule has 4 rings (SSSR count). The highest BCUT2D eigenvalue weighted by molar-refractivity contribution is 5.92. The van der Waals surface area contributed by atoms with Crippen molar-refractivity contribution in [3.05, 3.63) is 47.9 Å². The zero-order chi connectivity index (χ0) is 32.2. The van der Waals surface area contributed by atoms with Gasteiger partial charge >= 0.3 is 0 Å². The van der Waals surface area contributed by atoms with Crippen molar-refractivity contribution in [2.75, 3.05) is 38.2 Å². The van der Waals surface area contributed by atoms with E-state index in [0.717, 1.165) is 88.7 Å². The molecule has 0 spiro atoms. The predicted octanol–water partition coefficient (Wildman–Crippen LogP) is 3.29. The van der Waals surface area contributed by atoms with Crippen molar-refractivity contribution in [1.29, 1.82) is 0 Å². The van der Waals surface area contributed by atoms with Crippen LogP contribution in [0.25, 0.3) is 0 Å². The molecule has 247 valence electrons. The molecule has 2 saturated heterocycles. The number of anilines is 1. The van der Waals surface area contributed by atoms with Crippen molar-refractivity contribution in [3.63, 3.8) is 0 Å². The highest BCUT2D eigenvalue weighted by Crippen LogP contribution is 2.42. The number of amides is 3. The van der Waals surface area contributed by atoms with Gasteiger partial charge < -0.3 is 31.4 Å². The van der Waals surface area contributed by atoms with E-state index in [9.17, 15) is 14.4 Å². The van der Waals surface area contributed by atoms with Gasteiger partial charge in [0.1, 0.15) is 19.0 Å². The first kappa shape index (κ1) is 34.5. The maximum absolute atomic E-state index is 12.3. The van der Waals surface area contributed by atoms with Gasteiger partial charge in [0.25, 0.3) is 5.91 Å². The highest BCUT2D eigenvalue weighted by Gasteiger charge is 2.42. The number of carbonyl (C=O) groups excluding carboxylic acids is 3. The normalized spacial score (nSPS) is 19.6. The maximum Gasteiger partial charge on any atom is 0.286 e. The Morgan fingerprint density at radius 3 is 2.29 bits per heavy atom. The number of hydrogen-bond acceptors (Lipinski definition) is 8. The Balaban J connectivity index is 1.13. The summed E-state index contributed by atoms with van der Waals surface area (Å²) in [6.07, 6.45) is 12.7. The fourth-order valence-corrected chi connectivity index (χ4v) is 6.64. The van der Waals surface area contributed by atoms with Gasteiger partial charge in [0.05, 0.1) is 0 Å². The maximum atomic E-state index is 12.3. The third kappa shape index (κ3) is 10.1. The minimum atomic E-state index is -0.520. The molecule has 3 amide bonds. The quantitative estimate of drug-likeness (QED) is 0.173. The van der Waals surface area contributed by atoms with E-state index >= 15 is 0 Å². The smallest absolute Gasteiger partial charge is 0.286 e. The molecule has 6 N–H and O–H groups in total. The van der Waals surface area contributed by atoms with Crippen molar-refractivity contribution < 1.29 is 19.1 Å². The molecule has 1 aromatic carbocycles. The second-order valence-corrected chi connectivity index (χ2v) is 12.6. The Bertz CT molecular complexity index is 1230. The van der Waals surface area contributed by atoms with Gasteiger partial charge in [-0.3, -0.25) is 19.3 Å². The zero-order valence-corrected chi connectivity index (χ0v) is 26.9. The monoisotopic (exact) mass is 623 g/mol. The number of benzene rings is 1. The summed E-state index contributed by atoms with van der Waals surface area (Å²) < 4.78 is 7.29. The summed E-state index contributed by atoms with van der Waals surface area (Å²) >= 11 is 0. The largest absolute Gasteiger partial charge is 0.363 e. The summed E-state index contributed by atoms with van der Waals surface area (Å²) in [6, 6.07) is 8.86. The van der Waals surface area contributed by atoms with Crippen LogP contribution < -0.4 is 22.1 Å². The van der Waals surface area contributed by atoms with Gasteiger partial charge in [-0.1, -0.05) is 45.2 Å². The topological polar surface area (TPSA) is 170 Å². The lowest BCUT2D eigenvalue weighted by atomic mass is 9.95. The molecule has 0 aliphatic carbocycles. The van der Waals surface area contributed by atoms with E-state index in [0.29, 0.717) is 24.3 Å². The number of piperidine rings is 1. The number of hydrogen-bond donors (Lipinski definition) is 4. The summed E-state index contributed by atoms with van der Waals surface area (Å²) in [6.45, 7) is 6.13. The van der Waals surface area contributed by atoms with Crippen molar-refractivity contribution in [2.24, 2.45) is 11.5 Å². The van der Waals surface area contributed by atoms with Crippen LogP contribution in [0.4, 0.5) is 5.69 Å². The third-order valence-electron chi connectivity index (χ3n) is 8.81. The molecule has 2 atom stereocenters. The predicted molar refractivity (Wildman–Crippen MR) is 173 cm³/mol.